The van der Waals surface area contributed by atoms with Crippen molar-refractivity contribution in [3.05, 3.63) is 58.1 Å². The Labute approximate surface area is 166 Å². The van der Waals surface area contributed by atoms with E-state index in [1.165, 1.54) is 7.11 Å². The van der Waals surface area contributed by atoms with Crippen LogP contribution in [0.4, 0.5) is 5.69 Å². The Morgan fingerprint density at radius 2 is 1.67 bits per heavy atom. The first-order valence-corrected chi connectivity index (χ1v) is 9.06. The van der Waals surface area contributed by atoms with Crippen molar-refractivity contribution in [3.63, 3.8) is 0 Å². The molecule has 0 bridgehead atoms. The van der Waals surface area contributed by atoms with Gasteiger partial charge in [0.15, 0.2) is 12.4 Å². The number of ether oxygens (including phenoxy) is 2. The normalized spacial score (nSPS) is 10.4. The van der Waals surface area contributed by atoms with Crippen LogP contribution < -0.4 is 10.1 Å². The van der Waals surface area contributed by atoms with Crippen molar-refractivity contribution in [2.75, 3.05) is 19.0 Å². The van der Waals surface area contributed by atoms with Gasteiger partial charge in [-0.15, -0.1) is 0 Å². The molecule has 2 aromatic carbocycles. The average Bonchev–Trinajstić information content (AvgIpc) is 2.66. The summed E-state index contributed by atoms with van der Waals surface area (Å²) in [5.74, 6) is -0.429. The molecule has 0 spiro atoms. The Morgan fingerprint density at radius 1 is 1.04 bits per heavy atom. The van der Waals surface area contributed by atoms with Gasteiger partial charge in [-0.25, -0.2) is 4.79 Å². The summed E-state index contributed by atoms with van der Waals surface area (Å²) in [5.41, 5.74) is 1.48. The second-order valence-electron chi connectivity index (χ2n) is 6.07. The van der Waals surface area contributed by atoms with Gasteiger partial charge in [0, 0.05) is 17.2 Å². The summed E-state index contributed by atoms with van der Waals surface area (Å²) in [4.78, 5) is 35.5. The molecular formula is C20H20BrNO5. The third-order valence-electron chi connectivity index (χ3n) is 3.71. The number of Topliss-reactive ketones (excluding diaryl/α,β-unsaturated/α-hetero) is 1. The number of nitrogens with one attached hydrogen (secondary N) is 1. The highest BCUT2D eigenvalue weighted by atomic mass is 79.9. The maximum absolute atomic E-state index is 12.3. The van der Waals surface area contributed by atoms with Gasteiger partial charge >= 0.3 is 5.97 Å². The van der Waals surface area contributed by atoms with Gasteiger partial charge in [0.2, 0.25) is 5.91 Å². The van der Waals surface area contributed by atoms with Gasteiger partial charge in [0.1, 0.15) is 5.75 Å². The number of methoxy groups -OCH3 is 1. The molecular weight excluding hydrogens is 414 g/mol. The second kappa shape index (κ2) is 9.32. The molecule has 7 heteroatoms. The summed E-state index contributed by atoms with van der Waals surface area (Å²) >= 11 is 3.31. The van der Waals surface area contributed by atoms with Crippen LogP contribution in [0.25, 0.3) is 0 Å². The van der Waals surface area contributed by atoms with Gasteiger partial charge in [-0.2, -0.15) is 0 Å². The third kappa shape index (κ3) is 5.65. The van der Waals surface area contributed by atoms with E-state index in [1.54, 1.807) is 56.3 Å². The number of esters is 1. The van der Waals surface area contributed by atoms with Gasteiger partial charge in [-0.1, -0.05) is 13.8 Å². The number of halogens is 1. The Balaban J connectivity index is 1.97. The molecule has 1 N–H and O–H groups in total. The van der Waals surface area contributed by atoms with Crippen molar-refractivity contribution in [2.24, 2.45) is 5.92 Å². The Morgan fingerprint density at radius 3 is 2.22 bits per heavy atom. The van der Waals surface area contributed by atoms with Gasteiger partial charge < -0.3 is 14.8 Å². The minimum atomic E-state index is -0.456. The molecule has 0 aliphatic rings. The molecule has 0 aliphatic heterocycles. The zero-order valence-corrected chi connectivity index (χ0v) is 16.8. The topological polar surface area (TPSA) is 81.7 Å². The predicted octanol–water partition coefficient (Wildman–Crippen LogP) is 4.09. The molecule has 0 fully saturated rings. The number of hydrogen-bond acceptors (Lipinski definition) is 5. The van der Waals surface area contributed by atoms with Crippen LogP contribution in [0, 0.1) is 5.92 Å². The van der Waals surface area contributed by atoms with E-state index in [4.69, 9.17) is 4.74 Å². The summed E-state index contributed by atoms with van der Waals surface area (Å²) < 4.78 is 10.7. The smallest absolute Gasteiger partial charge is 0.337 e. The van der Waals surface area contributed by atoms with Gasteiger partial charge in [-0.05, 0) is 58.4 Å². The highest BCUT2D eigenvalue weighted by Gasteiger charge is 2.12. The number of rotatable bonds is 7. The van der Waals surface area contributed by atoms with E-state index >= 15 is 0 Å². The van der Waals surface area contributed by atoms with Crippen molar-refractivity contribution in [3.8, 4) is 5.75 Å². The van der Waals surface area contributed by atoms with E-state index in [2.05, 4.69) is 26.0 Å². The van der Waals surface area contributed by atoms with E-state index in [0.29, 0.717) is 27.0 Å². The lowest BCUT2D eigenvalue weighted by molar-refractivity contribution is -0.118. The summed E-state index contributed by atoms with van der Waals surface area (Å²) in [7, 11) is 1.30. The molecule has 0 aromatic heterocycles. The molecule has 0 heterocycles. The lowest BCUT2D eigenvalue weighted by Gasteiger charge is -2.10. The van der Waals surface area contributed by atoms with Crippen LogP contribution in [0.1, 0.15) is 34.6 Å². The molecule has 0 saturated carbocycles. The lowest BCUT2D eigenvalue weighted by atomic mass is 10.1. The van der Waals surface area contributed by atoms with Gasteiger partial charge in [0.05, 0.1) is 17.1 Å². The van der Waals surface area contributed by atoms with Gasteiger partial charge in [0.25, 0.3) is 0 Å². The lowest BCUT2D eigenvalue weighted by Crippen LogP contribution is -2.18. The third-order valence-corrected chi connectivity index (χ3v) is 4.33. The summed E-state index contributed by atoms with van der Waals surface area (Å²) in [5, 5.41) is 2.77. The molecule has 27 heavy (non-hydrogen) atoms. The van der Waals surface area contributed by atoms with E-state index in [-0.39, 0.29) is 24.2 Å². The largest absolute Gasteiger partial charge is 0.484 e. The van der Waals surface area contributed by atoms with Crippen LogP contribution in [0.5, 0.6) is 5.75 Å². The summed E-state index contributed by atoms with van der Waals surface area (Å²) in [6.07, 6.45) is 0. The second-order valence-corrected chi connectivity index (χ2v) is 6.92. The SMILES string of the molecule is COC(=O)c1ccc(OCC(=O)c2ccc(NC(=O)C(C)C)cc2)c(Br)c1. The zero-order valence-electron chi connectivity index (χ0n) is 15.2. The van der Waals surface area contributed by atoms with E-state index < -0.39 is 5.97 Å². The molecule has 2 rings (SSSR count). The minimum Gasteiger partial charge on any atom is -0.484 e. The summed E-state index contributed by atoms with van der Waals surface area (Å²) in [6, 6.07) is 11.3. The maximum Gasteiger partial charge on any atom is 0.337 e. The van der Waals surface area contributed by atoms with Crippen molar-refractivity contribution >= 4 is 39.3 Å². The first kappa shape index (κ1) is 20.6. The fourth-order valence-electron chi connectivity index (χ4n) is 2.12. The van der Waals surface area contributed by atoms with Gasteiger partial charge in [-0.3, -0.25) is 9.59 Å². The minimum absolute atomic E-state index is 0.0855. The van der Waals surface area contributed by atoms with Crippen LogP contribution in [-0.4, -0.2) is 31.4 Å². The standard InChI is InChI=1S/C20H20BrNO5/c1-12(2)19(24)22-15-7-4-13(5-8-15)17(23)11-27-18-9-6-14(10-16(18)21)20(25)26-3/h4-10,12H,11H2,1-3H3,(H,22,24). The molecule has 142 valence electrons. The molecule has 6 nitrogen and oxygen atoms in total. The fourth-order valence-corrected chi connectivity index (χ4v) is 2.61. The number of ketones is 1. The predicted molar refractivity (Wildman–Crippen MR) is 105 cm³/mol. The van der Waals surface area contributed by atoms with Crippen LogP contribution >= 0.6 is 15.9 Å². The number of amides is 1. The molecule has 2 aromatic rings. The average molecular weight is 434 g/mol. The molecule has 0 atom stereocenters. The zero-order chi connectivity index (χ0) is 20.0. The molecule has 0 saturated heterocycles. The van der Waals surface area contributed by atoms with E-state index in [1.807, 2.05) is 0 Å². The highest BCUT2D eigenvalue weighted by Crippen LogP contribution is 2.26. The van der Waals surface area contributed by atoms with Crippen LogP contribution in [0.2, 0.25) is 0 Å². The molecule has 0 unspecified atom stereocenters. The highest BCUT2D eigenvalue weighted by molar-refractivity contribution is 9.10. The monoisotopic (exact) mass is 433 g/mol. The van der Waals surface area contributed by atoms with Crippen molar-refractivity contribution < 1.29 is 23.9 Å². The fraction of sp³-hybridized carbons (Fsp3) is 0.250. The van der Waals surface area contributed by atoms with Crippen LogP contribution in [-0.2, 0) is 9.53 Å². The van der Waals surface area contributed by atoms with Crippen molar-refractivity contribution in [1.29, 1.82) is 0 Å². The molecule has 0 radical (unpaired) electrons. The maximum atomic E-state index is 12.3. The van der Waals surface area contributed by atoms with Crippen molar-refractivity contribution in [1.82, 2.24) is 0 Å². The van der Waals surface area contributed by atoms with Crippen LogP contribution in [0.3, 0.4) is 0 Å². The quantitative estimate of drug-likeness (QED) is 0.525. The first-order chi connectivity index (χ1) is 12.8. The molecule has 1 amide bonds. The number of anilines is 1. The Bertz CT molecular complexity index is 846. The number of carbonyl (C=O) groups excluding carboxylic acids is 3. The first-order valence-electron chi connectivity index (χ1n) is 8.26. The number of benzene rings is 2. The van der Waals surface area contributed by atoms with E-state index in [0.717, 1.165) is 0 Å². The van der Waals surface area contributed by atoms with Crippen molar-refractivity contribution in [2.45, 2.75) is 13.8 Å². The van der Waals surface area contributed by atoms with Crippen LogP contribution in [0.15, 0.2) is 46.9 Å². The number of hydrogen-bond donors (Lipinski definition) is 1. The Hall–Kier alpha value is -2.67. The number of carbonyl (C=O) groups is 3. The summed E-state index contributed by atoms with van der Waals surface area (Å²) in [6.45, 7) is 3.45. The Kier molecular flexibility index (Phi) is 7.12. The molecule has 0 aliphatic carbocycles. The van der Waals surface area contributed by atoms with E-state index in [9.17, 15) is 14.4 Å².